The monoisotopic (exact) mass is 292 g/mol. The Morgan fingerprint density at radius 3 is 2.70 bits per heavy atom. The number of carbonyl (C=O) groups excluding carboxylic acids is 1. The van der Waals surface area contributed by atoms with Crippen molar-refractivity contribution in [3.8, 4) is 11.3 Å². The van der Waals surface area contributed by atoms with Crippen molar-refractivity contribution in [3.63, 3.8) is 0 Å². The number of benzene rings is 1. The molecule has 0 spiro atoms. The van der Waals surface area contributed by atoms with Gasteiger partial charge in [0, 0.05) is 6.07 Å². The molecule has 0 aliphatic rings. The van der Waals surface area contributed by atoms with E-state index in [9.17, 15) is 14.9 Å². The van der Waals surface area contributed by atoms with Crippen molar-refractivity contribution in [1.29, 1.82) is 0 Å². The molecule has 6 nitrogen and oxygen atoms in total. The highest BCUT2D eigenvalue weighted by Crippen LogP contribution is 2.30. The van der Waals surface area contributed by atoms with E-state index in [1.165, 1.54) is 25.3 Å². The second-order valence-electron chi connectivity index (χ2n) is 3.83. The molecule has 20 heavy (non-hydrogen) atoms. The van der Waals surface area contributed by atoms with E-state index >= 15 is 0 Å². The maximum absolute atomic E-state index is 11.5. The lowest BCUT2D eigenvalue weighted by molar-refractivity contribution is -0.384. The molecule has 1 heterocycles. The van der Waals surface area contributed by atoms with E-state index in [0.717, 1.165) is 0 Å². The summed E-state index contributed by atoms with van der Waals surface area (Å²) in [6.07, 6.45) is 0. The van der Waals surface area contributed by atoms with Crippen LogP contribution in [-0.4, -0.2) is 23.0 Å². The molecular weight excluding hydrogens is 284 g/mol. The smallest absolute Gasteiger partial charge is 0.337 e. The van der Waals surface area contributed by atoms with Crippen LogP contribution < -0.4 is 0 Å². The van der Waals surface area contributed by atoms with E-state index in [0.29, 0.717) is 5.69 Å². The third-order valence-corrected chi connectivity index (χ3v) is 2.82. The summed E-state index contributed by atoms with van der Waals surface area (Å²) in [4.78, 5) is 26.0. The number of hydrogen-bond donors (Lipinski definition) is 0. The van der Waals surface area contributed by atoms with Crippen LogP contribution in [0.15, 0.2) is 36.4 Å². The van der Waals surface area contributed by atoms with E-state index in [1.807, 2.05) is 0 Å². The van der Waals surface area contributed by atoms with Crippen molar-refractivity contribution in [1.82, 2.24) is 4.98 Å². The predicted octanol–water partition coefficient (Wildman–Crippen LogP) is 3.10. The first kappa shape index (κ1) is 14.0. The van der Waals surface area contributed by atoms with Crippen LogP contribution in [0.3, 0.4) is 0 Å². The van der Waals surface area contributed by atoms with Gasteiger partial charge in [-0.3, -0.25) is 10.1 Å². The molecule has 0 aliphatic heterocycles. The maximum Gasteiger partial charge on any atom is 0.337 e. The normalized spacial score (nSPS) is 10.1. The fraction of sp³-hybridized carbons (Fsp3) is 0.0769. The molecular formula is C13H9ClN2O4. The Morgan fingerprint density at radius 2 is 2.10 bits per heavy atom. The van der Waals surface area contributed by atoms with E-state index in [2.05, 4.69) is 9.72 Å². The van der Waals surface area contributed by atoms with Crippen molar-refractivity contribution in [2.75, 3.05) is 7.11 Å². The minimum Gasteiger partial charge on any atom is -0.465 e. The van der Waals surface area contributed by atoms with Crippen molar-refractivity contribution in [2.24, 2.45) is 0 Å². The molecule has 0 saturated heterocycles. The standard InChI is InChI=1S/C13H9ClN2O4/c1-20-13(17)8-5-6-11(16(18)19)9(7-8)10-3-2-4-12(14)15-10/h2-7H,1H3. The van der Waals surface area contributed by atoms with Crippen LogP contribution in [0.4, 0.5) is 5.69 Å². The largest absolute Gasteiger partial charge is 0.465 e. The highest BCUT2D eigenvalue weighted by Gasteiger charge is 2.19. The van der Waals surface area contributed by atoms with Crippen LogP contribution in [0.25, 0.3) is 11.3 Å². The lowest BCUT2D eigenvalue weighted by Gasteiger charge is -2.05. The number of hydrogen-bond acceptors (Lipinski definition) is 5. The zero-order chi connectivity index (χ0) is 14.7. The van der Waals surface area contributed by atoms with Crippen LogP contribution in [0.5, 0.6) is 0 Å². The molecule has 0 aliphatic carbocycles. The van der Waals surface area contributed by atoms with Crippen LogP contribution >= 0.6 is 11.6 Å². The van der Waals surface area contributed by atoms with E-state index in [-0.39, 0.29) is 22.0 Å². The summed E-state index contributed by atoms with van der Waals surface area (Å²) in [5.41, 5.74) is 0.567. The summed E-state index contributed by atoms with van der Waals surface area (Å²) < 4.78 is 4.60. The molecule has 1 aromatic carbocycles. The number of rotatable bonds is 3. The zero-order valence-corrected chi connectivity index (χ0v) is 11.1. The second-order valence-corrected chi connectivity index (χ2v) is 4.21. The van der Waals surface area contributed by atoms with E-state index < -0.39 is 10.9 Å². The Balaban J connectivity index is 2.64. The number of methoxy groups -OCH3 is 1. The highest BCUT2D eigenvalue weighted by atomic mass is 35.5. The van der Waals surface area contributed by atoms with Gasteiger partial charge in [-0.15, -0.1) is 0 Å². The van der Waals surface area contributed by atoms with Gasteiger partial charge in [0.05, 0.1) is 28.9 Å². The molecule has 2 rings (SSSR count). The number of pyridine rings is 1. The molecule has 0 bridgehead atoms. The molecule has 0 amide bonds. The minimum absolute atomic E-state index is 0.160. The molecule has 7 heteroatoms. The van der Waals surface area contributed by atoms with Gasteiger partial charge in [-0.1, -0.05) is 17.7 Å². The number of aromatic nitrogens is 1. The van der Waals surface area contributed by atoms with Gasteiger partial charge in [0.2, 0.25) is 0 Å². The Hall–Kier alpha value is -2.47. The summed E-state index contributed by atoms with van der Waals surface area (Å²) >= 11 is 5.78. The van der Waals surface area contributed by atoms with Gasteiger partial charge < -0.3 is 4.74 Å². The molecule has 1 aromatic heterocycles. The number of halogens is 1. The van der Waals surface area contributed by atoms with Gasteiger partial charge in [-0.2, -0.15) is 0 Å². The second kappa shape index (κ2) is 5.66. The van der Waals surface area contributed by atoms with Crippen molar-refractivity contribution in [3.05, 3.63) is 57.2 Å². The predicted molar refractivity (Wildman–Crippen MR) is 72.7 cm³/mol. The SMILES string of the molecule is COC(=O)c1ccc([N+](=O)[O-])c(-c2cccc(Cl)n2)c1. The highest BCUT2D eigenvalue weighted by molar-refractivity contribution is 6.29. The number of esters is 1. The molecule has 0 atom stereocenters. The van der Waals surface area contributed by atoms with Crippen LogP contribution in [0, 0.1) is 10.1 Å². The van der Waals surface area contributed by atoms with Gasteiger partial charge in [-0.05, 0) is 24.3 Å². The minimum atomic E-state index is -0.580. The fourth-order valence-electron chi connectivity index (χ4n) is 1.70. The summed E-state index contributed by atoms with van der Waals surface area (Å²) in [5, 5.41) is 11.3. The third-order valence-electron chi connectivity index (χ3n) is 2.61. The first-order valence-electron chi connectivity index (χ1n) is 5.52. The quantitative estimate of drug-likeness (QED) is 0.376. The molecule has 102 valence electrons. The lowest BCUT2D eigenvalue weighted by atomic mass is 10.1. The summed E-state index contributed by atoms with van der Waals surface area (Å²) in [6, 6.07) is 8.69. The topological polar surface area (TPSA) is 82.3 Å². The number of ether oxygens (including phenoxy) is 1. The number of nitro groups is 1. The third kappa shape index (κ3) is 2.75. The summed E-state index contributed by atoms with van der Waals surface area (Å²) in [6.45, 7) is 0. The fourth-order valence-corrected chi connectivity index (χ4v) is 1.87. The van der Waals surface area contributed by atoms with Gasteiger partial charge in [0.25, 0.3) is 5.69 Å². The molecule has 0 N–H and O–H groups in total. The molecule has 0 fully saturated rings. The number of carbonyl (C=O) groups is 1. The van der Waals surface area contributed by atoms with Gasteiger partial charge in [-0.25, -0.2) is 9.78 Å². The van der Waals surface area contributed by atoms with E-state index in [1.54, 1.807) is 18.2 Å². The molecule has 0 saturated carbocycles. The van der Waals surface area contributed by atoms with Crippen LogP contribution in [0.2, 0.25) is 5.15 Å². The Kier molecular flexibility index (Phi) is 3.95. The van der Waals surface area contributed by atoms with Crippen LogP contribution in [0.1, 0.15) is 10.4 Å². The number of nitrogens with zero attached hydrogens (tertiary/aromatic N) is 2. The molecule has 0 radical (unpaired) electrons. The summed E-state index contributed by atoms with van der Waals surface area (Å²) in [7, 11) is 1.24. The Bertz CT molecular complexity index is 688. The maximum atomic E-state index is 11.5. The van der Waals surface area contributed by atoms with Gasteiger partial charge >= 0.3 is 5.97 Å². The lowest BCUT2D eigenvalue weighted by Crippen LogP contribution is -2.03. The first-order chi connectivity index (χ1) is 9.52. The summed E-state index contributed by atoms with van der Waals surface area (Å²) in [5.74, 6) is -0.580. The molecule has 0 unspecified atom stereocenters. The number of nitro benzene ring substituents is 1. The van der Waals surface area contributed by atoms with E-state index in [4.69, 9.17) is 11.6 Å². The van der Waals surface area contributed by atoms with Gasteiger partial charge in [0.1, 0.15) is 5.15 Å². The average Bonchev–Trinajstić information content (AvgIpc) is 2.45. The van der Waals surface area contributed by atoms with Gasteiger partial charge in [0.15, 0.2) is 0 Å². The molecule has 2 aromatic rings. The van der Waals surface area contributed by atoms with Crippen molar-refractivity contribution < 1.29 is 14.5 Å². The van der Waals surface area contributed by atoms with Crippen molar-refractivity contribution >= 4 is 23.3 Å². The van der Waals surface area contributed by atoms with Crippen molar-refractivity contribution in [2.45, 2.75) is 0 Å². The van der Waals surface area contributed by atoms with Crippen LogP contribution in [-0.2, 0) is 4.74 Å². The Labute approximate surface area is 119 Å². The Morgan fingerprint density at radius 1 is 1.35 bits per heavy atom. The zero-order valence-electron chi connectivity index (χ0n) is 10.4. The average molecular weight is 293 g/mol. The first-order valence-corrected chi connectivity index (χ1v) is 5.90.